The maximum atomic E-state index is 12.7. The Hall–Kier alpha value is -2.15. The number of nitrogens with zero attached hydrogens (tertiary/aromatic N) is 5. The van der Waals surface area contributed by atoms with Crippen LogP contribution in [-0.2, 0) is 6.67 Å². The third kappa shape index (κ3) is 7.94. The van der Waals surface area contributed by atoms with Crippen LogP contribution in [0.2, 0.25) is 0 Å². The molecule has 1 N–H and O–H groups in total. The second-order valence-electron chi connectivity index (χ2n) is 8.40. The van der Waals surface area contributed by atoms with E-state index in [1.165, 1.54) is 38.5 Å². The van der Waals surface area contributed by atoms with Crippen molar-refractivity contribution < 1.29 is 4.79 Å². The summed E-state index contributed by atoms with van der Waals surface area (Å²) >= 11 is 0. The predicted molar refractivity (Wildman–Crippen MR) is 122 cm³/mol. The molecule has 0 saturated heterocycles. The van der Waals surface area contributed by atoms with Gasteiger partial charge in [-0.2, -0.15) is 10.2 Å². The standard InChI is InChI=1S/C23H40N6O/c1-6-8-10-13-27(14-11-9-7-2)17-20(4)24-23(30)22-12-15-28(26-22)18-29-21(5)16-19(3)25-29/h12,15-16,20H,6-11,13-14,17-18H2,1-5H3,(H,24,30). The third-order valence-corrected chi connectivity index (χ3v) is 5.32. The number of carbonyl (C=O) groups excluding carboxylic acids is 1. The molecule has 1 unspecified atom stereocenters. The minimum Gasteiger partial charge on any atom is -0.347 e. The quantitative estimate of drug-likeness (QED) is 0.473. The van der Waals surface area contributed by atoms with Crippen molar-refractivity contribution in [1.29, 1.82) is 0 Å². The van der Waals surface area contributed by atoms with Crippen molar-refractivity contribution >= 4 is 5.91 Å². The van der Waals surface area contributed by atoms with E-state index in [2.05, 4.69) is 41.2 Å². The summed E-state index contributed by atoms with van der Waals surface area (Å²) in [5.41, 5.74) is 2.51. The number of amides is 1. The fourth-order valence-electron chi connectivity index (χ4n) is 3.71. The molecule has 30 heavy (non-hydrogen) atoms. The number of carbonyl (C=O) groups is 1. The number of aromatic nitrogens is 4. The summed E-state index contributed by atoms with van der Waals surface area (Å²) in [6.45, 7) is 14.1. The van der Waals surface area contributed by atoms with Gasteiger partial charge in [-0.05, 0) is 58.8 Å². The molecule has 2 aromatic heterocycles. The summed E-state index contributed by atoms with van der Waals surface area (Å²) in [5.74, 6) is -0.114. The summed E-state index contributed by atoms with van der Waals surface area (Å²) in [5, 5.41) is 12.0. The van der Waals surface area contributed by atoms with E-state index in [4.69, 9.17) is 0 Å². The van der Waals surface area contributed by atoms with Crippen LogP contribution in [0.15, 0.2) is 18.3 Å². The number of rotatable bonds is 14. The predicted octanol–water partition coefficient (Wildman–Crippen LogP) is 4.00. The number of unbranched alkanes of at least 4 members (excludes halogenated alkanes) is 4. The smallest absolute Gasteiger partial charge is 0.272 e. The zero-order valence-corrected chi connectivity index (χ0v) is 19.5. The Kier molecular flexibility index (Phi) is 10.1. The zero-order chi connectivity index (χ0) is 21.9. The lowest BCUT2D eigenvalue weighted by Gasteiger charge is -2.26. The lowest BCUT2D eigenvalue weighted by molar-refractivity contribution is 0.0922. The summed E-state index contributed by atoms with van der Waals surface area (Å²) in [4.78, 5) is 15.2. The molecule has 168 valence electrons. The van der Waals surface area contributed by atoms with Gasteiger partial charge in [-0.15, -0.1) is 0 Å². The highest BCUT2D eigenvalue weighted by Crippen LogP contribution is 2.06. The van der Waals surface area contributed by atoms with Gasteiger partial charge in [0.2, 0.25) is 0 Å². The van der Waals surface area contributed by atoms with E-state index in [0.717, 1.165) is 31.0 Å². The summed E-state index contributed by atoms with van der Waals surface area (Å²) in [7, 11) is 0. The molecule has 0 spiro atoms. The monoisotopic (exact) mass is 416 g/mol. The summed E-state index contributed by atoms with van der Waals surface area (Å²) in [6.07, 6.45) is 9.26. The van der Waals surface area contributed by atoms with Crippen LogP contribution in [-0.4, -0.2) is 56.0 Å². The maximum Gasteiger partial charge on any atom is 0.272 e. The van der Waals surface area contributed by atoms with E-state index in [1.807, 2.05) is 30.8 Å². The first kappa shape index (κ1) is 24.1. The van der Waals surface area contributed by atoms with Crippen LogP contribution < -0.4 is 5.32 Å². The van der Waals surface area contributed by atoms with Gasteiger partial charge in [0.25, 0.3) is 5.91 Å². The molecule has 0 aliphatic rings. The first-order valence-corrected chi connectivity index (χ1v) is 11.5. The molecule has 0 aromatic carbocycles. The lowest BCUT2D eigenvalue weighted by atomic mass is 10.2. The van der Waals surface area contributed by atoms with Crippen molar-refractivity contribution in [2.75, 3.05) is 19.6 Å². The second kappa shape index (κ2) is 12.5. The molecule has 1 amide bonds. The van der Waals surface area contributed by atoms with Crippen LogP contribution in [0, 0.1) is 13.8 Å². The average Bonchev–Trinajstić information content (AvgIpc) is 3.28. The van der Waals surface area contributed by atoms with Crippen molar-refractivity contribution in [2.45, 2.75) is 85.9 Å². The Morgan fingerprint density at radius 2 is 1.77 bits per heavy atom. The van der Waals surface area contributed by atoms with Crippen LogP contribution in [0.4, 0.5) is 0 Å². The fraction of sp³-hybridized carbons (Fsp3) is 0.696. The number of aryl methyl sites for hydroxylation is 2. The maximum absolute atomic E-state index is 12.7. The Morgan fingerprint density at radius 3 is 2.33 bits per heavy atom. The van der Waals surface area contributed by atoms with Gasteiger partial charge in [0.05, 0.1) is 5.69 Å². The van der Waals surface area contributed by atoms with E-state index >= 15 is 0 Å². The molecule has 7 nitrogen and oxygen atoms in total. The molecule has 0 fully saturated rings. The van der Waals surface area contributed by atoms with E-state index < -0.39 is 0 Å². The average molecular weight is 417 g/mol. The molecule has 1 atom stereocenters. The Labute approximate surface area is 181 Å². The summed E-state index contributed by atoms with van der Waals surface area (Å²) < 4.78 is 3.64. The van der Waals surface area contributed by atoms with Gasteiger partial charge in [0.1, 0.15) is 12.4 Å². The highest BCUT2D eigenvalue weighted by Gasteiger charge is 2.16. The molecule has 0 aliphatic heterocycles. The molecule has 2 heterocycles. The van der Waals surface area contributed by atoms with Gasteiger partial charge < -0.3 is 10.2 Å². The summed E-state index contributed by atoms with van der Waals surface area (Å²) in [6, 6.07) is 3.89. The van der Waals surface area contributed by atoms with Gasteiger partial charge in [-0.25, -0.2) is 4.68 Å². The fourth-order valence-corrected chi connectivity index (χ4v) is 3.71. The number of hydrogen-bond donors (Lipinski definition) is 1. The van der Waals surface area contributed by atoms with E-state index in [0.29, 0.717) is 12.4 Å². The van der Waals surface area contributed by atoms with Gasteiger partial charge >= 0.3 is 0 Å². The SMILES string of the molecule is CCCCCN(CCCCC)CC(C)NC(=O)c1ccn(Cn2nc(C)cc2C)n1. The molecule has 7 heteroatoms. The first-order chi connectivity index (χ1) is 14.4. The molecular formula is C23H40N6O. The molecule has 0 bridgehead atoms. The van der Waals surface area contributed by atoms with E-state index in [-0.39, 0.29) is 11.9 Å². The van der Waals surface area contributed by atoms with Gasteiger partial charge in [-0.3, -0.25) is 9.48 Å². The van der Waals surface area contributed by atoms with Crippen molar-refractivity contribution in [3.8, 4) is 0 Å². The van der Waals surface area contributed by atoms with Crippen molar-refractivity contribution in [3.05, 3.63) is 35.4 Å². The highest BCUT2D eigenvalue weighted by atomic mass is 16.2. The topological polar surface area (TPSA) is 68.0 Å². The molecule has 0 aliphatic carbocycles. The van der Waals surface area contributed by atoms with Crippen molar-refractivity contribution in [2.24, 2.45) is 0 Å². The largest absolute Gasteiger partial charge is 0.347 e. The minimum absolute atomic E-state index is 0.0851. The molecule has 0 radical (unpaired) electrons. The molecule has 0 saturated carbocycles. The second-order valence-corrected chi connectivity index (χ2v) is 8.40. The van der Waals surface area contributed by atoms with E-state index in [1.54, 1.807) is 10.7 Å². The normalized spacial score (nSPS) is 12.5. The Morgan fingerprint density at radius 1 is 1.10 bits per heavy atom. The molecule has 2 aromatic rings. The third-order valence-electron chi connectivity index (χ3n) is 5.32. The van der Waals surface area contributed by atoms with E-state index in [9.17, 15) is 4.79 Å². The van der Waals surface area contributed by atoms with Gasteiger partial charge in [0, 0.05) is 24.5 Å². The van der Waals surface area contributed by atoms with Crippen LogP contribution in [0.3, 0.4) is 0 Å². The minimum atomic E-state index is -0.114. The van der Waals surface area contributed by atoms with Crippen molar-refractivity contribution in [3.63, 3.8) is 0 Å². The van der Waals surface area contributed by atoms with Crippen LogP contribution in [0.1, 0.15) is 81.2 Å². The highest BCUT2D eigenvalue weighted by molar-refractivity contribution is 5.92. The molecular weight excluding hydrogens is 376 g/mol. The van der Waals surface area contributed by atoms with Crippen LogP contribution in [0.5, 0.6) is 0 Å². The van der Waals surface area contributed by atoms with Gasteiger partial charge in [-0.1, -0.05) is 39.5 Å². The van der Waals surface area contributed by atoms with Gasteiger partial charge in [0.15, 0.2) is 0 Å². The van der Waals surface area contributed by atoms with Crippen LogP contribution in [0.25, 0.3) is 0 Å². The zero-order valence-electron chi connectivity index (χ0n) is 19.5. The Balaban J connectivity index is 1.87. The number of hydrogen-bond acceptors (Lipinski definition) is 4. The molecule has 2 rings (SSSR count). The first-order valence-electron chi connectivity index (χ1n) is 11.5. The lowest BCUT2D eigenvalue weighted by Crippen LogP contribution is -2.42. The number of nitrogens with one attached hydrogen (secondary N) is 1. The Bertz CT molecular complexity index is 756. The van der Waals surface area contributed by atoms with Crippen LogP contribution >= 0.6 is 0 Å². The van der Waals surface area contributed by atoms with Crippen molar-refractivity contribution in [1.82, 2.24) is 29.8 Å².